The monoisotopic (exact) mass is 542 g/mol. The van der Waals surface area contributed by atoms with E-state index < -0.39 is 21.4 Å². The zero-order valence-corrected chi connectivity index (χ0v) is 22.9. The van der Waals surface area contributed by atoms with Crippen molar-refractivity contribution in [1.82, 2.24) is 9.97 Å². The molecule has 0 amide bonds. The number of nitrogens with zero attached hydrogens (tertiary/aromatic N) is 3. The van der Waals surface area contributed by atoms with E-state index in [-0.39, 0.29) is 16.7 Å². The summed E-state index contributed by atoms with van der Waals surface area (Å²) in [6.07, 6.45) is 6.07. The van der Waals surface area contributed by atoms with Crippen LogP contribution in [-0.4, -0.2) is 42.6 Å². The molecule has 0 radical (unpaired) electrons. The lowest BCUT2D eigenvalue weighted by atomic mass is 9.85. The van der Waals surface area contributed by atoms with E-state index in [1.54, 1.807) is 19.1 Å². The lowest BCUT2D eigenvalue weighted by Gasteiger charge is -2.33. The molecule has 8 nitrogen and oxygen atoms in total. The minimum absolute atomic E-state index is 0.121. The number of nitrogens with one attached hydrogen (secondary N) is 1. The van der Waals surface area contributed by atoms with E-state index in [1.165, 1.54) is 23.0 Å². The van der Waals surface area contributed by atoms with Gasteiger partial charge < -0.3 is 10.0 Å². The van der Waals surface area contributed by atoms with Crippen molar-refractivity contribution in [3.8, 4) is 11.3 Å². The van der Waals surface area contributed by atoms with Crippen LogP contribution >= 0.6 is 11.3 Å². The van der Waals surface area contributed by atoms with Gasteiger partial charge in [0.05, 0.1) is 11.1 Å². The number of carboxylic acid groups (broad SMARTS) is 1. The van der Waals surface area contributed by atoms with Gasteiger partial charge in [-0.1, -0.05) is 56.5 Å². The van der Waals surface area contributed by atoms with Gasteiger partial charge in [0.1, 0.15) is 5.82 Å². The Bertz CT molecular complexity index is 1340. The first-order valence-corrected chi connectivity index (χ1v) is 15.1. The first-order valence-electron chi connectivity index (χ1n) is 12.7. The summed E-state index contributed by atoms with van der Waals surface area (Å²) < 4.78 is 29.1. The molecule has 0 aliphatic carbocycles. The normalized spacial score (nSPS) is 17.6. The van der Waals surface area contributed by atoms with Crippen molar-refractivity contribution in [2.45, 2.75) is 63.8 Å². The largest absolute Gasteiger partial charge is 0.481 e. The Morgan fingerprint density at radius 2 is 1.89 bits per heavy atom. The van der Waals surface area contributed by atoms with Crippen LogP contribution in [0.4, 0.5) is 10.9 Å². The Labute approximate surface area is 222 Å². The quantitative estimate of drug-likeness (QED) is 0.418. The number of carbonyl (C=O) groups is 1. The molecule has 1 atom stereocenters. The van der Waals surface area contributed by atoms with Gasteiger partial charge in [-0.05, 0) is 50.3 Å². The molecule has 3 aromatic rings. The van der Waals surface area contributed by atoms with Crippen molar-refractivity contribution in [3.05, 3.63) is 53.4 Å². The first-order chi connectivity index (χ1) is 17.7. The molecule has 4 bridgehead atoms. The van der Waals surface area contributed by atoms with Gasteiger partial charge in [0.15, 0.2) is 10.2 Å². The van der Waals surface area contributed by atoms with E-state index in [0.29, 0.717) is 18.8 Å². The number of aryl methyl sites for hydroxylation is 1. The SMILES string of the molecule is CCCC(C)(CN1CCCCCCc2ccccc2-c2csc(n2)NS(=O)(=O)c2cccc1n2)C(=O)O. The van der Waals surface area contributed by atoms with Gasteiger partial charge in [-0.2, -0.15) is 8.42 Å². The molecule has 0 spiro atoms. The molecule has 0 saturated heterocycles. The van der Waals surface area contributed by atoms with Gasteiger partial charge in [-0.15, -0.1) is 11.3 Å². The third-order valence-electron chi connectivity index (χ3n) is 6.81. The summed E-state index contributed by atoms with van der Waals surface area (Å²) in [5.41, 5.74) is 1.99. The Morgan fingerprint density at radius 1 is 1.11 bits per heavy atom. The molecule has 1 aliphatic heterocycles. The standard InChI is InChI=1S/C27H34N4O4S2/c1-3-16-27(2,25(32)33)19-31-17-9-5-4-6-11-20-12-7-8-13-21(20)22-18-36-26(28-22)30-37(34,35)24-15-10-14-23(31)29-24/h7-8,10,12-15,18H,3-6,9,11,16-17,19H2,1-2H3,(H,28,30)(H,32,33). The van der Waals surface area contributed by atoms with E-state index in [1.807, 2.05) is 35.4 Å². The van der Waals surface area contributed by atoms with Gasteiger partial charge in [-0.3, -0.25) is 9.52 Å². The Morgan fingerprint density at radius 3 is 2.68 bits per heavy atom. The number of anilines is 2. The highest BCUT2D eigenvalue weighted by molar-refractivity contribution is 7.92. The third-order valence-corrected chi connectivity index (χ3v) is 8.94. The maximum Gasteiger partial charge on any atom is 0.311 e. The van der Waals surface area contributed by atoms with E-state index in [4.69, 9.17) is 0 Å². The lowest BCUT2D eigenvalue weighted by molar-refractivity contribution is -0.147. The molecule has 0 fully saturated rings. The molecule has 0 saturated carbocycles. The molecule has 4 rings (SSSR count). The van der Waals surface area contributed by atoms with Crippen LogP contribution < -0.4 is 9.62 Å². The second-order valence-electron chi connectivity index (χ2n) is 9.84. The lowest BCUT2D eigenvalue weighted by Crippen LogP contribution is -2.42. The molecule has 2 aromatic heterocycles. The van der Waals surface area contributed by atoms with Gasteiger partial charge >= 0.3 is 5.97 Å². The molecule has 198 valence electrons. The van der Waals surface area contributed by atoms with Crippen molar-refractivity contribution in [3.63, 3.8) is 0 Å². The fraction of sp³-hybridized carbons (Fsp3) is 0.444. The van der Waals surface area contributed by atoms with Gasteiger partial charge in [0, 0.05) is 24.0 Å². The Hall–Kier alpha value is -2.98. The number of thiazole rings is 1. The molecule has 10 heteroatoms. The van der Waals surface area contributed by atoms with Crippen LogP contribution in [0.5, 0.6) is 0 Å². The van der Waals surface area contributed by atoms with Crippen molar-refractivity contribution in [2.75, 3.05) is 22.7 Å². The number of pyridine rings is 1. The highest BCUT2D eigenvalue weighted by Gasteiger charge is 2.35. The molecule has 1 aromatic carbocycles. The second kappa shape index (κ2) is 11.6. The Kier molecular flexibility index (Phi) is 8.49. The maximum absolute atomic E-state index is 13.2. The van der Waals surface area contributed by atoms with E-state index in [2.05, 4.69) is 20.8 Å². The molecule has 3 heterocycles. The van der Waals surface area contributed by atoms with Gasteiger partial charge in [0.25, 0.3) is 10.0 Å². The predicted octanol–water partition coefficient (Wildman–Crippen LogP) is 5.82. The number of rotatable bonds is 5. The molecule has 1 aliphatic rings. The number of hydrogen-bond acceptors (Lipinski definition) is 7. The number of hydrogen-bond donors (Lipinski definition) is 2. The maximum atomic E-state index is 13.2. The van der Waals surface area contributed by atoms with E-state index in [9.17, 15) is 18.3 Å². The van der Waals surface area contributed by atoms with Crippen LogP contribution in [0.3, 0.4) is 0 Å². The number of carboxylic acids is 1. The average molecular weight is 543 g/mol. The summed E-state index contributed by atoms with van der Waals surface area (Å²) in [4.78, 5) is 23.1. The summed E-state index contributed by atoms with van der Waals surface area (Å²) >= 11 is 1.24. The highest BCUT2D eigenvalue weighted by atomic mass is 32.2. The minimum Gasteiger partial charge on any atom is -0.481 e. The fourth-order valence-corrected chi connectivity index (χ4v) is 6.73. The molecule has 2 N–H and O–H groups in total. The van der Waals surface area contributed by atoms with Crippen LogP contribution in [0, 0.1) is 5.41 Å². The third kappa shape index (κ3) is 6.48. The zero-order chi connectivity index (χ0) is 26.5. The number of benzene rings is 1. The predicted molar refractivity (Wildman–Crippen MR) is 148 cm³/mol. The summed E-state index contributed by atoms with van der Waals surface area (Å²) in [5.74, 6) is -0.399. The minimum atomic E-state index is -3.99. The smallest absolute Gasteiger partial charge is 0.311 e. The van der Waals surface area contributed by atoms with Gasteiger partial charge in [0.2, 0.25) is 0 Å². The number of fused-ring (bicyclic) bond motifs is 6. The van der Waals surface area contributed by atoms with Crippen LogP contribution in [0.15, 0.2) is 52.9 Å². The van der Waals surface area contributed by atoms with Gasteiger partial charge in [-0.25, -0.2) is 9.97 Å². The van der Waals surface area contributed by atoms with Crippen molar-refractivity contribution >= 4 is 38.3 Å². The molecular formula is C27H34N4O4S2. The summed E-state index contributed by atoms with van der Waals surface area (Å²) in [6.45, 7) is 4.57. The first kappa shape index (κ1) is 27.1. The number of sulfonamides is 1. The van der Waals surface area contributed by atoms with E-state index >= 15 is 0 Å². The van der Waals surface area contributed by atoms with E-state index in [0.717, 1.165) is 49.8 Å². The Balaban J connectivity index is 1.70. The number of aliphatic carboxylic acids is 1. The highest BCUT2D eigenvalue weighted by Crippen LogP contribution is 2.31. The van der Waals surface area contributed by atoms with Crippen LogP contribution in [0.25, 0.3) is 11.3 Å². The van der Waals surface area contributed by atoms with Crippen molar-refractivity contribution in [2.24, 2.45) is 5.41 Å². The molecular weight excluding hydrogens is 508 g/mol. The topological polar surface area (TPSA) is 112 Å². The van der Waals surface area contributed by atoms with Crippen molar-refractivity contribution in [1.29, 1.82) is 0 Å². The van der Waals surface area contributed by atoms with Crippen LogP contribution in [-0.2, 0) is 21.2 Å². The zero-order valence-electron chi connectivity index (χ0n) is 21.3. The fourth-order valence-electron chi connectivity index (χ4n) is 4.80. The number of aromatic nitrogens is 2. The summed E-state index contributed by atoms with van der Waals surface area (Å²) in [7, 11) is -3.99. The molecule has 1 unspecified atom stereocenters. The summed E-state index contributed by atoms with van der Waals surface area (Å²) in [6, 6.07) is 13.0. The molecule has 37 heavy (non-hydrogen) atoms. The second-order valence-corrected chi connectivity index (χ2v) is 12.3. The average Bonchev–Trinajstić information content (AvgIpc) is 3.33. The van der Waals surface area contributed by atoms with Crippen molar-refractivity contribution < 1.29 is 18.3 Å². The van der Waals surface area contributed by atoms with Crippen LogP contribution in [0.2, 0.25) is 0 Å². The summed E-state index contributed by atoms with van der Waals surface area (Å²) in [5, 5.41) is 12.0. The van der Waals surface area contributed by atoms with Crippen LogP contribution in [0.1, 0.15) is 57.9 Å².